The van der Waals surface area contributed by atoms with Crippen molar-refractivity contribution in [1.82, 2.24) is 15.0 Å². The van der Waals surface area contributed by atoms with E-state index >= 15 is 0 Å². The average Bonchev–Trinajstić information content (AvgIpc) is 2.97. The minimum absolute atomic E-state index is 0.165. The lowest BCUT2D eigenvalue weighted by atomic mass is 10.3. The highest BCUT2D eigenvalue weighted by Gasteiger charge is 2.25. The van der Waals surface area contributed by atoms with Crippen molar-refractivity contribution >= 4 is 5.82 Å². The molecule has 0 spiro atoms. The summed E-state index contributed by atoms with van der Waals surface area (Å²) >= 11 is 0. The number of ether oxygens (including phenoxy) is 2. The first-order chi connectivity index (χ1) is 10.3. The normalized spacial score (nSPS) is 17.8. The molecule has 0 aliphatic carbocycles. The molecule has 21 heavy (non-hydrogen) atoms. The van der Waals surface area contributed by atoms with Gasteiger partial charge < -0.3 is 14.4 Å². The van der Waals surface area contributed by atoms with Crippen LogP contribution in [0.2, 0.25) is 0 Å². The summed E-state index contributed by atoms with van der Waals surface area (Å²) in [4.78, 5) is 14.6. The molecule has 1 saturated heterocycles. The number of hydrogen-bond donors (Lipinski definition) is 0. The van der Waals surface area contributed by atoms with Gasteiger partial charge in [0, 0.05) is 31.4 Å². The summed E-state index contributed by atoms with van der Waals surface area (Å²) in [6.45, 7) is 4.27. The van der Waals surface area contributed by atoms with E-state index in [9.17, 15) is 0 Å². The standard InChI is InChI=1S/C15H18N4O2/c1-2-20-15-9-14(17-11-18-15)19-8-5-13(10-19)21-12-3-6-16-7-4-12/h3-4,6-7,9,11,13H,2,5,8,10H2,1H3/t13-/m1/s1. The van der Waals surface area contributed by atoms with Crippen LogP contribution in [0.4, 0.5) is 5.82 Å². The van der Waals surface area contributed by atoms with Crippen LogP contribution in [-0.4, -0.2) is 40.8 Å². The summed E-state index contributed by atoms with van der Waals surface area (Å²) in [7, 11) is 0. The van der Waals surface area contributed by atoms with E-state index in [1.54, 1.807) is 12.4 Å². The van der Waals surface area contributed by atoms with Crippen LogP contribution in [0.15, 0.2) is 36.9 Å². The number of hydrogen-bond acceptors (Lipinski definition) is 6. The maximum atomic E-state index is 5.95. The molecule has 6 nitrogen and oxygen atoms in total. The Morgan fingerprint density at radius 2 is 2.14 bits per heavy atom. The van der Waals surface area contributed by atoms with Gasteiger partial charge in [-0.25, -0.2) is 9.97 Å². The lowest BCUT2D eigenvalue weighted by Crippen LogP contribution is -2.25. The fraction of sp³-hybridized carbons (Fsp3) is 0.400. The summed E-state index contributed by atoms with van der Waals surface area (Å²) in [5, 5.41) is 0. The van der Waals surface area contributed by atoms with Crippen LogP contribution >= 0.6 is 0 Å². The molecule has 0 unspecified atom stereocenters. The molecule has 6 heteroatoms. The quantitative estimate of drug-likeness (QED) is 0.837. The lowest BCUT2D eigenvalue weighted by molar-refractivity contribution is 0.224. The van der Waals surface area contributed by atoms with Gasteiger partial charge in [0.2, 0.25) is 5.88 Å². The molecule has 0 N–H and O–H groups in total. The SMILES string of the molecule is CCOc1cc(N2CC[C@@H](Oc3ccncc3)C2)ncn1. The van der Waals surface area contributed by atoms with Gasteiger partial charge in [-0.1, -0.05) is 0 Å². The van der Waals surface area contributed by atoms with E-state index in [2.05, 4.69) is 19.9 Å². The van der Waals surface area contributed by atoms with Crippen LogP contribution in [-0.2, 0) is 0 Å². The third-order valence-corrected chi connectivity index (χ3v) is 3.34. The molecule has 0 bridgehead atoms. The average molecular weight is 286 g/mol. The van der Waals surface area contributed by atoms with Crippen molar-refractivity contribution in [2.24, 2.45) is 0 Å². The van der Waals surface area contributed by atoms with E-state index in [-0.39, 0.29) is 6.10 Å². The molecule has 3 rings (SSSR count). The summed E-state index contributed by atoms with van der Waals surface area (Å²) in [5.41, 5.74) is 0. The predicted molar refractivity (Wildman–Crippen MR) is 78.7 cm³/mol. The van der Waals surface area contributed by atoms with Crippen molar-refractivity contribution in [2.75, 3.05) is 24.6 Å². The molecular formula is C15H18N4O2. The molecule has 110 valence electrons. The Labute approximate surface area is 123 Å². The van der Waals surface area contributed by atoms with Crippen LogP contribution in [0.3, 0.4) is 0 Å². The summed E-state index contributed by atoms with van der Waals surface area (Å²) in [6.07, 6.45) is 6.15. The zero-order valence-corrected chi connectivity index (χ0v) is 12.0. The Morgan fingerprint density at radius 1 is 1.29 bits per heavy atom. The van der Waals surface area contributed by atoms with Gasteiger partial charge in [0.05, 0.1) is 13.2 Å². The molecule has 1 aliphatic heterocycles. The smallest absolute Gasteiger partial charge is 0.218 e. The van der Waals surface area contributed by atoms with Crippen molar-refractivity contribution in [1.29, 1.82) is 0 Å². The highest BCUT2D eigenvalue weighted by atomic mass is 16.5. The summed E-state index contributed by atoms with van der Waals surface area (Å²) < 4.78 is 11.4. The van der Waals surface area contributed by atoms with Crippen molar-refractivity contribution < 1.29 is 9.47 Å². The van der Waals surface area contributed by atoms with Gasteiger partial charge in [-0.15, -0.1) is 0 Å². The predicted octanol–water partition coefficient (Wildman–Crippen LogP) is 1.93. The number of anilines is 1. The maximum absolute atomic E-state index is 5.95. The summed E-state index contributed by atoms with van der Waals surface area (Å²) in [5.74, 6) is 2.35. The minimum Gasteiger partial charge on any atom is -0.488 e. The van der Waals surface area contributed by atoms with E-state index < -0.39 is 0 Å². The highest BCUT2D eigenvalue weighted by Crippen LogP contribution is 2.23. The molecule has 0 radical (unpaired) electrons. The van der Waals surface area contributed by atoms with Crippen LogP contribution < -0.4 is 14.4 Å². The number of rotatable bonds is 5. The fourth-order valence-corrected chi connectivity index (χ4v) is 2.37. The van der Waals surface area contributed by atoms with Gasteiger partial charge in [-0.2, -0.15) is 0 Å². The summed E-state index contributed by atoms with van der Waals surface area (Å²) in [6, 6.07) is 5.62. The Bertz CT molecular complexity index is 579. The molecule has 0 amide bonds. The molecule has 1 aliphatic rings. The fourth-order valence-electron chi connectivity index (χ4n) is 2.37. The Hall–Kier alpha value is -2.37. The lowest BCUT2D eigenvalue weighted by Gasteiger charge is -2.18. The molecule has 1 atom stereocenters. The van der Waals surface area contributed by atoms with Gasteiger partial charge in [-0.3, -0.25) is 4.98 Å². The molecular weight excluding hydrogens is 268 g/mol. The molecule has 2 aromatic rings. The largest absolute Gasteiger partial charge is 0.488 e. The number of pyridine rings is 1. The monoisotopic (exact) mass is 286 g/mol. The minimum atomic E-state index is 0.165. The molecule has 0 saturated carbocycles. The zero-order valence-electron chi connectivity index (χ0n) is 12.0. The highest BCUT2D eigenvalue weighted by molar-refractivity contribution is 5.42. The van der Waals surface area contributed by atoms with E-state index in [1.807, 2.05) is 25.1 Å². The van der Waals surface area contributed by atoms with Crippen LogP contribution in [0.1, 0.15) is 13.3 Å². The van der Waals surface area contributed by atoms with E-state index in [1.165, 1.54) is 6.33 Å². The second kappa shape index (κ2) is 6.39. The van der Waals surface area contributed by atoms with Crippen molar-refractivity contribution in [2.45, 2.75) is 19.4 Å². The first kappa shape index (κ1) is 13.6. The molecule has 0 aromatic carbocycles. The topological polar surface area (TPSA) is 60.4 Å². The van der Waals surface area contributed by atoms with Gasteiger partial charge in [0.15, 0.2) is 0 Å². The number of aromatic nitrogens is 3. The van der Waals surface area contributed by atoms with Crippen LogP contribution in [0.25, 0.3) is 0 Å². The second-order valence-corrected chi connectivity index (χ2v) is 4.80. The van der Waals surface area contributed by atoms with Crippen molar-refractivity contribution in [3.63, 3.8) is 0 Å². The first-order valence-electron chi connectivity index (χ1n) is 7.11. The van der Waals surface area contributed by atoms with Gasteiger partial charge in [0.25, 0.3) is 0 Å². The van der Waals surface area contributed by atoms with Gasteiger partial charge in [-0.05, 0) is 19.1 Å². The third kappa shape index (κ3) is 3.39. The first-order valence-corrected chi connectivity index (χ1v) is 7.11. The van der Waals surface area contributed by atoms with Gasteiger partial charge in [0.1, 0.15) is 24.0 Å². The molecule has 3 heterocycles. The second-order valence-electron chi connectivity index (χ2n) is 4.80. The van der Waals surface area contributed by atoms with Crippen molar-refractivity contribution in [3.05, 3.63) is 36.9 Å². The van der Waals surface area contributed by atoms with Crippen LogP contribution in [0.5, 0.6) is 11.6 Å². The van der Waals surface area contributed by atoms with E-state index in [4.69, 9.17) is 9.47 Å². The van der Waals surface area contributed by atoms with E-state index in [0.29, 0.717) is 12.5 Å². The molecule has 1 fully saturated rings. The zero-order chi connectivity index (χ0) is 14.5. The van der Waals surface area contributed by atoms with E-state index in [0.717, 1.165) is 31.1 Å². The third-order valence-electron chi connectivity index (χ3n) is 3.34. The Balaban J connectivity index is 1.63. The number of nitrogens with zero attached hydrogens (tertiary/aromatic N) is 4. The van der Waals surface area contributed by atoms with Crippen molar-refractivity contribution in [3.8, 4) is 11.6 Å². The van der Waals surface area contributed by atoms with Crippen LogP contribution in [0, 0.1) is 0 Å². The maximum Gasteiger partial charge on any atom is 0.218 e. The van der Waals surface area contributed by atoms with Gasteiger partial charge >= 0.3 is 0 Å². The Morgan fingerprint density at radius 3 is 2.95 bits per heavy atom. The molecule has 2 aromatic heterocycles. The Kier molecular flexibility index (Phi) is 4.14.